The maximum atomic E-state index is 6.64. The van der Waals surface area contributed by atoms with Crippen molar-refractivity contribution in [2.75, 3.05) is 0 Å². The molecular weight excluding hydrogens is 536 g/mol. The number of aromatic nitrogens is 2. The number of para-hydroxylation sites is 2. The lowest BCUT2D eigenvalue weighted by molar-refractivity contribution is 0.286. The predicted octanol–water partition coefficient (Wildman–Crippen LogP) is 9.43. The highest BCUT2D eigenvalue weighted by molar-refractivity contribution is 7.73. The number of fused-ring (bicyclic) bond motifs is 3. The minimum atomic E-state index is -0.0559. The Morgan fingerprint density at radius 1 is 0.919 bits per heavy atom. The highest BCUT2D eigenvalue weighted by Gasteiger charge is 2.39. The van der Waals surface area contributed by atoms with Gasteiger partial charge >= 0.3 is 0 Å². The molecule has 3 heterocycles. The van der Waals surface area contributed by atoms with Crippen LogP contribution in [0.5, 0.6) is 0 Å². The van der Waals surface area contributed by atoms with Crippen LogP contribution in [0.25, 0.3) is 27.1 Å². The molecule has 0 saturated heterocycles. The molecule has 0 bridgehead atoms. The van der Waals surface area contributed by atoms with Gasteiger partial charge < -0.3 is 4.74 Å². The molecule has 0 fully saturated rings. The molecule has 0 spiro atoms. The van der Waals surface area contributed by atoms with Gasteiger partial charge in [0.05, 0.1) is 15.9 Å². The Balaban J connectivity index is 1.50. The molecule has 5 aromatic rings. The summed E-state index contributed by atoms with van der Waals surface area (Å²) >= 11 is 15.7. The molecule has 2 aliphatic rings. The molecule has 3 nitrogen and oxygen atoms in total. The van der Waals surface area contributed by atoms with Crippen LogP contribution in [-0.4, -0.2) is 9.55 Å². The van der Waals surface area contributed by atoms with Crippen LogP contribution >= 0.6 is 46.5 Å². The predicted molar refractivity (Wildman–Crippen MR) is 157 cm³/mol. The smallest absolute Gasteiger partial charge is 0.166 e. The summed E-state index contributed by atoms with van der Waals surface area (Å²) < 4.78 is 10.9. The molecule has 1 unspecified atom stereocenters. The van der Waals surface area contributed by atoms with Crippen molar-refractivity contribution >= 4 is 67.9 Å². The largest absolute Gasteiger partial charge is 0.466 e. The molecule has 182 valence electrons. The third kappa shape index (κ3) is 3.82. The monoisotopic (exact) mass is 556 g/mol. The second-order valence-corrected chi connectivity index (χ2v) is 12.4. The topological polar surface area (TPSA) is 27.1 Å². The molecule has 0 amide bonds. The van der Waals surface area contributed by atoms with Gasteiger partial charge in [0.2, 0.25) is 0 Å². The fraction of sp³-hybridized carbons (Fsp3) is 0.133. The molecule has 1 aliphatic carbocycles. The maximum absolute atomic E-state index is 6.64. The highest BCUT2D eigenvalue weighted by Crippen LogP contribution is 2.54. The lowest BCUT2D eigenvalue weighted by Crippen LogP contribution is -2.21. The Bertz CT molecular complexity index is 1760. The summed E-state index contributed by atoms with van der Waals surface area (Å²) in [5.41, 5.74) is 6.68. The van der Waals surface area contributed by atoms with E-state index in [-0.39, 0.29) is 5.92 Å². The van der Waals surface area contributed by atoms with E-state index in [2.05, 4.69) is 66.1 Å². The third-order valence-electron chi connectivity index (χ3n) is 6.99. The van der Waals surface area contributed by atoms with Crippen LogP contribution in [0.15, 0.2) is 90.4 Å². The number of nitrogens with zero attached hydrogens (tertiary/aromatic N) is 2. The molecule has 1 aliphatic heterocycles. The van der Waals surface area contributed by atoms with E-state index in [0.29, 0.717) is 0 Å². The van der Waals surface area contributed by atoms with Crippen molar-refractivity contribution in [1.29, 1.82) is 0 Å². The summed E-state index contributed by atoms with van der Waals surface area (Å²) in [6.07, 6.45) is 1.76. The Morgan fingerprint density at radius 2 is 1.68 bits per heavy atom. The Morgan fingerprint density at radius 3 is 2.46 bits per heavy atom. The standard InChI is InChI=1S/C30H21ClN2OS3/c1-17-25(29-32-21-9-5-6-10-23(21)36-29)26(18-11-13-19(31)14-12-18)27-22(34-17)15-16-24-28(27)33(30(35)37-24)20-7-3-2-4-8-20/h2-14,26H,15-16H2,1H3. The first-order valence-electron chi connectivity index (χ1n) is 12.1. The summed E-state index contributed by atoms with van der Waals surface area (Å²) in [5.74, 6) is 1.87. The molecule has 3 aromatic carbocycles. The van der Waals surface area contributed by atoms with Gasteiger partial charge in [0.1, 0.15) is 16.5 Å². The van der Waals surface area contributed by atoms with Gasteiger partial charge in [0.15, 0.2) is 3.95 Å². The second-order valence-electron chi connectivity index (χ2n) is 9.19. The second kappa shape index (κ2) is 9.07. The number of ether oxygens (including phenoxy) is 1. The van der Waals surface area contributed by atoms with Gasteiger partial charge in [0, 0.05) is 39.1 Å². The van der Waals surface area contributed by atoms with Crippen LogP contribution in [0.2, 0.25) is 5.02 Å². The van der Waals surface area contributed by atoms with E-state index >= 15 is 0 Å². The first kappa shape index (κ1) is 23.1. The molecule has 0 saturated carbocycles. The van der Waals surface area contributed by atoms with E-state index in [1.807, 2.05) is 24.3 Å². The van der Waals surface area contributed by atoms with Gasteiger partial charge in [0.25, 0.3) is 0 Å². The number of hydrogen-bond acceptors (Lipinski definition) is 5. The average molecular weight is 557 g/mol. The van der Waals surface area contributed by atoms with Crippen molar-refractivity contribution in [1.82, 2.24) is 9.55 Å². The van der Waals surface area contributed by atoms with Gasteiger partial charge in [-0.1, -0.05) is 54.1 Å². The minimum Gasteiger partial charge on any atom is -0.466 e. The van der Waals surface area contributed by atoms with Crippen molar-refractivity contribution in [2.24, 2.45) is 0 Å². The van der Waals surface area contributed by atoms with E-state index < -0.39 is 0 Å². The molecule has 0 radical (unpaired) electrons. The number of thiazole rings is 2. The number of hydrogen-bond donors (Lipinski definition) is 0. The molecule has 2 aromatic heterocycles. The van der Waals surface area contributed by atoms with E-state index in [4.69, 9.17) is 33.5 Å². The molecular formula is C30H21ClN2OS3. The van der Waals surface area contributed by atoms with Gasteiger partial charge in [-0.2, -0.15) is 0 Å². The van der Waals surface area contributed by atoms with E-state index in [0.717, 1.165) is 60.8 Å². The fourth-order valence-electron chi connectivity index (χ4n) is 5.40. The fourth-order valence-corrected chi connectivity index (χ4v) is 8.12. The Kier molecular flexibility index (Phi) is 5.66. The molecule has 7 rings (SSSR count). The number of benzene rings is 3. The lowest BCUT2D eigenvalue weighted by Gasteiger charge is -2.35. The molecule has 1 atom stereocenters. The SMILES string of the molecule is CC1=C(c2nc3ccccc3s2)C(c2ccc(Cl)cc2)C2=C(CCc3sc(=S)n(-c4ccccc4)c32)O1. The van der Waals surface area contributed by atoms with Gasteiger partial charge in [-0.15, -0.1) is 22.7 Å². The van der Waals surface area contributed by atoms with Crippen LogP contribution in [0.4, 0.5) is 0 Å². The quantitative estimate of drug-likeness (QED) is 0.207. The normalized spacial score (nSPS) is 17.1. The lowest BCUT2D eigenvalue weighted by atomic mass is 9.78. The first-order chi connectivity index (χ1) is 18.1. The first-order valence-corrected chi connectivity index (χ1v) is 14.5. The maximum Gasteiger partial charge on any atom is 0.166 e. The highest BCUT2D eigenvalue weighted by atomic mass is 35.5. The van der Waals surface area contributed by atoms with Gasteiger partial charge in [-0.3, -0.25) is 4.57 Å². The zero-order chi connectivity index (χ0) is 25.1. The zero-order valence-electron chi connectivity index (χ0n) is 19.9. The summed E-state index contributed by atoms with van der Waals surface area (Å²) in [4.78, 5) is 6.37. The van der Waals surface area contributed by atoms with Crippen LogP contribution in [-0.2, 0) is 11.2 Å². The van der Waals surface area contributed by atoms with Crippen molar-refractivity contribution in [3.05, 3.63) is 121 Å². The molecule has 0 N–H and O–H groups in total. The van der Waals surface area contributed by atoms with E-state index in [9.17, 15) is 0 Å². The van der Waals surface area contributed by atoms with E-state index in [1.165, 1.54) is 20.7 Å². The molecule has 37 heavy (non-hydrogen) atoms. The van der Waals surface area contributed by atoms with Crippen LogP contribution in [0, 0.1) is 3.95 Å². The average Bonchev–Trinajstić information content (AvgIpc) is 3.49. The molecule has 7 heteroatoms. The number of allylic oxidation sites excluding steroid dienone is 4. The van der Waals surface area contributed by atoms with Gasteiger partial charge in [-0.25, -0.2) is 4.98 Å². The van der Waals surface area contributed by atoms with Crippen molar-refractivity contribution in [2.45, 2.75) is 25.7 Å². The Hall–Kier alpha value is -3.03. The minimum absolute atomic E-state index is 0.0559. The summed E-state index contributed by atoms with van der Waals surface area (Å²) in [6, 6.07) is 26.9. The number of aryl methyl sites for hydroxylation is 1. The van der Waals surface area contributed by atoms with Crippen molar-refractivity contribution < 1.29 is 4.74 Å². The van der Waals surface area contributed by atoms with Crippen LogP contribution in [0.1, 0.15) is 40.4 Å². The van der Waals surface area contributed by atoms with Crippen LogP contribution < -0.4 is 0 Å². The number of halogens is 1. The summed E-state index contributed by atoms with van der Waals surface area (Å²) in [5, 5.41) is 1.71. The third-order valence-corrected chi connectivity index (χ3v) is 9.75. The van der Waals surface area contributed by atoms with Gasteiger partial charge in [-0.05, 0) is 67.5 Å². The number of rotatable bonds is 3. The van der Waals surface area contributed by atoms with Crippen molar-refractivity contribution in [3.8, 4) is 5.69 Å². The summed E-state index contributed by atoms with van der Waals surface area (Å²) in [7, 11) is 0. The summed E-state index contributed by atoms with van der Waals surface area (Å²) in [6.45, 7) is 2.07. The zero-order valence-corrected chi connectivity index (χ0v) is 23.1. The van der Waals surface area contributed by atoms with E-state index in [1.54, 1.807) is 22.7 Å². The Labute approximate surface area is 233 Å². The van der Waals surface area contributed by atoms with Crippen LogP contribution in [0.3, 0.4) is 0 Å². The van der Waals surface area contributed by atoms with Crippen molar-refractivity contribution in [3.63, 3.8) is 0 Å².